The van der Waals surface area contributed by atoms with Crippen molar-refractivity contribution in [2.75, 3.05) is 16.9 Å². The molecule has 2 aliphatic rings. The van der Waals surface area contributed by atoms with E-state index in [0.29, 0.717) is 11.5 Å². The Morgan fingerprint density at radius 3 is 3.10 bits per heavy atom. The monoisotopic (exact) mass is 307 g/mol. The molecule has 1 aromatic rings. The summed E-state index contributed by atoms with van der Waals surface area (Å²) in [5.41, 5.74) is 1.86. The molecule has 2 N–H and O–H groups in total. The van der Waals surface area contributed by atoms with Crippen LogP contribution in [0.4, 0.5) is 5.00 Å². The second-order valence-electron chi connectivity index (χ2n) is 5.43. The summed E-state index contributed by atoms with van der Waals surface area (Å²) in [5, 5.41) is 16.3. The Hall–Kier alpha value is -1.03. The molecule has 1 aliphatic carbocycles. The van der Waals surface area contributed by atoms with E-state index in [1.54, 1.807) is 23.1 Å². The van der Waals surface area contributed by atoms with Gasteiger partial charge in [0, 0.05) is 16.5 Å². The first-order valence-electron chi connectivity index (χ1n) is 6.85. The number of nitrogens with one attached hydrogen (secondary N) is 2. The lowest BCUT2D eigenvalue weighted by Crippen LogP contribution is -2.37. The Balaban J connectivity index is 1.83. The number of rotatable bonds is 2. The van der Waals surface area contributed by atoms with Crippen LogP contribution in [0.5, 0.6) is 0 Å². The molecule has 0 bridgehead atoms. The summed E-state index contributed by atoms with van der Waals surface area (Å²) < 4.78 is 0. The summed E-state index contributed by atoms with van der Waals surface area (Å²) in [6.07, 6.45) is 3.12. The Morgan fingerprint density at radius 2 is 2.40 bits per heavy atom. The van der Waals surface area contributed by atoms with Gasteiger partial charge in [0.15, 0.2) is 0 Å². The van der Waals surface area contributed by atoms with E-state index in [9.17, 15) is 10.1 Å². The maximum Gasteiger partial charge on any atom is 0.243 e. The zero-order valence-corrected chi connectivity index (χ0v) is 13.0. The fourth-order valence-corrected chi connectivity index (χ4v) is 5.03. The predicted molar refractivity (Wildman–Crippen MR) is 83.1 cm³/mol. The molecule has 1 amide bonds. The fourth-order valence-electron chi connectivity index (χ4n) is 2.72. The molecule has 1 aromatic heterocycles. The van der Waals surface area contributed by atoms with Crippen molar-refractivity contribution >= 4 is 34.0 Å². The highest BCUT2D eigenvalue weighted by molar-refractivity contribution is 7.99. The second-order valence-corrected chi connectivity index (χ2v) is 7.56. The summed E-state index contributed by atoms with van der Waals surface area (Å²) in [5.74, 6) is 2.28. The number of carbonyl (C=O) groups is 1. The van der Waals surface area contributed by atoms with Gasteiger partial charge in [0.05, 0.1) is 11.6 Å². The van der Waals surface area contributed by atoms with Crippen molar-refractivity contribution in [3.8, 4) is 6.07 Å². The number of anilines is 1. The summed E-state index contributed by atoms with van der Waals surface area (Å²) in [6.45, 7) is 2.24. The van der Waals surface area contributed by atoms with E-state index in [2.05, 4.69) is 23.6 Å². The number of hydrogen-bond acceptors (Lipinski definition) is 5. The number of nitriles is 1. The van der Waals surface area contributed by atoms with Crippen molar-refractivity contribution in [3.05, 3.63) is 16.0 Å². The van der Waals surface area contributed by atoms with Crippen molar-refractivity contribution in [2.24, 2.45) is 5.92 Å². The average Bonchev–Trinajstić information content (AvgIpc) is 3.04. The molecule has 0 aromatic carbocycles. The predicted octanol–water partition coefficient (Wildman–Crippen LogP) is 2.35. The Kier molecular flexibility index (Phi) is 4.01. The Labute approximate surface area is 126 Å². The van der Waals surface area contributed by atoms with Crippen LogP contribution in [0.2, 0.25) is 0 Å². The number of thiophene rings is 1. The van der Waals surface area contributed by atoms with E-state index < -0.39 is 0 Å². The number of amides is 1. The van der Waals surface area contributed by atoms with Gasteiger partial charge in [-0.3, -0.25) is 10.1 Å². The van der Waals surface area contributed by atoms with Gasteiger partial charge in [0.2, 0.25) is 5.91 Å². The minimum Gasteiger partial charge on any atom is -0.315 e. The molecule has 1 fully saturated rings. The molecule has 106 valence electrons. The largest absolute Gasteiger partial charge is 0.315 e. The zero-order valence-electron chi connectivity index (χ0n) is 11.4. The van der Waals surface area contributed by atoms with Crippen molar-refractivity contribution in [2.45, 2.75) is 32.2 Å². The van der Waals surface area contributed by atoms with Crippen LogP contribution in [0.1, 0.15) is 29.3 Å². The summed E-state index contributed by atoms with van der Waals surface area (Å²) in [6, 6.07) is 2.15. The minimum atomic E-state index is -0.135. The highest BCUT2D eigenvalue weighted by Gasteiger charge is 2.27. The van der Waals surface area contributed by atoms with Gasteiger partial charge >= 0.3 is 0 Å². The quantitative estimate of drug-likeness (QED) is 0.880. The number of hydrogen-bond donors (Lipinski definition) is 2. The molecule has 4 nitrogen and oxygen atoms in total. The lowest BCUT2D eigenvalue weighted by atomic mass is 9.88. The average molecular weight is 307 g/mol. The molecule has 1 saturated heterocycles. The van der Waals surface area contributed by atoms with E-state index in [-0.39, 0.29) is 11.9 Å². The maximum atomic E-state index is 12.2. The molecular formula is C14H17N3OS2. The van der Waals surface area contributed by atoms with Crippen LogP contribution in [0.25, 0.3) is 0 Å². The standard InChI is InChI=1S/C14H17N3OS2/c1-8-2-3-9-10(5-15)14(20-12(9)4-8)17-13(18)11-6-19-7-16-11/h8,11,16H,2-4,6-7H2,1H3,(H,17,18). The second kappa shape index (κ2) is 5.76. The molecule has 0 spiro atoms. The molecule has 0 radical (unpaired) electrons. The van der Waals surface area contributed by atoms with E-state index >= 15 is 0 Å². The van der Waals surface area contributed by atoms with Crippen LogP contribution in [0.15, 0.2) is 0 Å². The van der Waals surface area contributed by atoms with Gasteiger partial charge in [0.1, 0.15) is 11.1 Å². The third-order valence-electron chi connectivity index (χ3n) is 3.89. The maximum absolute atomic E-state index is 12.2. The number of carbonyl (C=O) groups excluding carboxylic acids is 1. The topological polar surface area (TPSA) is 64.9 Å². The third-order valence-corrected chi connectivity index (χ3v) is 6.00. The first-order chi connectivity index (χ1) is 9.69. The van der Waals surface area contributed by atoms with E-state index in [0.717, 1.165) is 35.9 Å². The van der Waals surface area contributed by atoms with Gasteiger partial charge in [-0.25, -0.2) is 0 Å². The molecule has 6 heteroatoms. The Morgan fingerprint density at radius 1 is 1.55 bits per heavy atom. The summed E-state index contributed by atoms with van der Waals surface area (Å²) >= 11 is 3.31. The molecule has 20 heavy (non-hydrogen) atoms. The zero-order chi connectivity index (χ0) is 14.1. The van der Waals surface area contributed by atoms with Gasteiger partial charge in [-0.15, -0.1) is 23.1 Å². The number of nitrogens with zero attached hydrogens (tertiary/aromatic N) is 1. The van der Waals surface area contributed by atoms with E-state index in [1.165, 1.54) is 10.4 Å². The first-order valence-corrected chi connectivity index (χ1v) is 8.82. The lowest BCUT2D eigenvalue weighted by Gasteiger charge is -2.17. The van der Waals surface area contributed by atoms with Crippen LogP contribution in [0.3, 0.4) is 0 Å². The van der Waals surface area contributed by atoms with E-state index in [4.69, 9.17) is 0 Å². The molecule has 2 unspecified atom stereocenters. The molecule has 0 saturated carbocycles. The van der Waals surface area contributed by atoms with Crippen LogP contribution < -0.4 is 10.6 Å². The molecule has 1 aliphatic heterocycles. The SMILES string of the molecule is CC1CCc2c(sc(NC(=O)C3CSCN3)c2C#N)C1. The molecule has 2 heterocycles. The smallest absolute Gasteiger partial charge is 0.243 e. The minimum absolute atomic E-state index is 0.0156. The molecular weight excluding hydrogens is 290 g/mol. The fraction of sp³-hybridized carbons (Fsp3) is 0.571. The van der Waals surface area contributed by atoms with Gasteiger partial charge < -0.3 is 5.32 Å². The Bertz CT molecular complexity index is 570. The van der Waals surface area contributed by atoms with Gasteiger partial charge in [-0.2, -0.15) is 5.26 Å². The highest BCUT2D eigenvalue weighted by Crippen LogP contribution is 2.39. The number of thioether (sulfide) groups is 1. The summed E-state index contributed by atoms with van der Waals surface area (Å²) in [7, 11) is 0. The van der Waals surface area contributed by atoms with Crippen LogP contribution in [-0.4, -0.2) is 23.6 Å². The first kappa shape index (κ1) is 13.9. The third kappa shape index (κ3) is 2.58. The normalized spacial score (nSPS) is 25.0. The van der Waals surface area contributed by atoms with Crippen LogP contribution >= 0.6 is 23.1 Å². The molecule has 2 atom stereocenters. The van der Waals surface area contributed by atoms with Crippen molar-refractivity contribution in [3.63, 3.8) is 0 Å². The van der Waals surface area contributed by atoms with Crippen molar-refractivity contribution in [1.29, 1.82) is 5.26 Å². The van der Waals surface area contributed by atoms with Gasteiger partial charge in [0.25, 0.3) is 0 Å². The van der Waals surface area contributed by atoms with Crippen molar-refractivity contribution in [1.82, 2.24) is 5.32 Å². The van der Waals surface area contributed by atoms with Gasteiger partial charge in [-0.1, -0.05) is 6.92 Å². The highest BCUT2D eigenvalue weighted by atomic mass is 32.2. The van der Waals surface area contributed by atoms with Crippen LogP contribution in [-0.2, 0) is 17.6 Å². The van der Waals surface area contributed by atoms with E-state index in [1.807, 2.05) is 0 Å². The lowest BCUT2D eigenvalue weighted by molar-refractivity contribution is -0.117. The van der Waals surface area contributed by atoms with Crippen molar-refractivity contribution < 1.29 is 4.79 Å². The summed E-state index contributed by atoms with van der Waals surface area (Å²) in [4.78, 5) is 13.5. The molecule has 3 rings (SSSR count). The van der Waals surface area contributed by atoms with Crippen LogP contribution in [0, 0.1) is 17.2 Å². The van der Waals surface area contributed by atoms with Gasteiger partial charge in [-0.05, 0) is 30.7 Å². The number of fused-ring (bicyclic) bond motifs is 1.